The number of alkyl halides is 3. The van der Waals surface area contributed by atoms with Crippen LogP contribution in [-0.4, -0.2) is 52.7 Å². The number of nitrogens with one attached hydrogen (secondary N) is 2. The van der Waals surface area contributed by atoms with Crippen molar-refractivity contribution in [1.29, 1.82) is 0 Å². The van der Waals surface area contributed by atoms with Crippen molar-refractivity contribution < 1.29 is 27.9 Å². The largest absolute Gasteiger partial charge is 0.405 e. The molecule has 3 rings (SSSR count). The highest BCUT2D eigenvalue weighted by Gasteiger charge is 2.27. The number of hydrogen-bond acceptors (Lipinski definition) is 5. The Balaban J connectivity index is 1.72. The molecule has 0 aliphatic rings. The molecule has 11 heteroatoms. The minimum Gasteiger partial charge on any atom is -0.396 e. The predicted molar refractivity (Wildman–Crippen MR) is 109 cm³/mol. The van der Waals surface area contributed by atoms with E-state index in [1.54, 1.807) is 48.0 Å². The second-order valence-electron chi connectivity index (χ2n) is 6.48. The number of carbonyl (C=O) groups is 1. The number of aromatic nitrogens is 2. The molecule has 2 amide bonds. The summed E-state index contributed by atoms with van der Waals surface area (Å²) in [5, 5.41) is 16.7. The quantitative estimate of drug-likeness (QED) is 0.287. The second-order valence-corrected chi connectivity index (χ2v) is 6.48. The first-order valence-corrected chi connectivity index (χ1v) is 9.31. The van der Waals surface area contributed by atoms with Crippen molar-refractivity contribution in [2.45, 2.75) is 12.6 Å². The molecule has 0 unspecified atom stereocenters. The van der Waals surface area contributed by atoms with Crippen molar-refractivity contribution >= 4 is 23.6 Å². The maximum atomic E-state index is 12.2. The van der Waals surface area contributed by atoms with Crippen LogP contribution < -0.4 is 10.6 Å². The van der Waals surface area contributed by atoms with Crippen LogP contribution in [-0.2, 0) is 4.84 Å². The molecule has 0 aliphatic heterocycles. The van der Waals surface area contributed by atoms with Gasteiger partial charge in [-0.05, 0) is 24.3 Å². The number of amides is 2. The van der Waals surface area contributed by atoms with E-state index in [1.807, 2.05) is 10.5 Å². The molecule has 0 bridgehead atoms. The minimum absolute atomic E-state index is 0.0350. The molecule has 0 saturated carbocycles. The number of nitrogens with zero attached hydrogens (tertiary/aromatic N) is 3. The Labute approximate surface area is 175 Å². The third-order valence-electron chi connectivity index (χ3n) is 4.07. The molecule has 1 aromatic carbocycles. The summed E-state index contributed by atoms with van der Waals surface area (Å²) in [6.45, 7) is -1.06. The van der Waals surface area contributed by atoms with Crippen LogP contribution in [0.1, 0.15) is 12.0 Å². The van der Waals surface area contributed by atoms with Gasteiger partial charge in [-0.25, -0.2) is 9.78 Å². The van der Waals surface area contributed by atoms with Crippen molar-refractivity contribution in [1.82, 2.24) is 14.7 Å². The van der Waals surface area contributed by atoms with Crippen LogP contribution in [0, 0.1) is 0 Å². The Bertz CT molecular complexity index is 1070. The van der Waals surface area contributed by atoms with Gasteiger partial charge in [-0.1, -0.05) is 17.3 Å². The SMILES string of the molecule is O=C(NCC(F)(F)F)Nc1cccc(-c2cnc3cc(/C=N/OCCCO)ccn23)c1. The van der Waals surface area contributed by atoms with Crippen LogP contribution in [0.25, 0.3) is 16.9 Å². The fourth-order valence-electron chi connectivity index (χ4n) is 2.68. The molecule has 31 heavy (non-hydrogen) atoms. The number of imidazole rings is 1. The maximum Gasteiger partial charge on any atom is 0.405 e. The second kappa shape index (κ2) is 9.94. The molecule has 8 nitrogen and oxygen atoms in total. The highest BCUT2D eigenvalue weighted by atomic mass is 19.4. The topological polar surface area (TPSA) is 100 Å². The van der Waals surface area contributed by atoms with Gasteiger partial charge in [0.25, 0.3) is 0 Å². The average molecular weight is 435 g/mol. The molecule has 0 radical (unpaired) electrons. The zero-order valence-corrected chi connectivity index (χ0v) is 16.3. The fraction of sp³-hybridized carbons (Fsp3) is 0.250. The summed E-state index contributed by atoms with van der Waals surface area (Å²) < 4.78 is 38.5. The monoisotopic (exact) mass is 435 g/mol. The van der Waals surface area contributed by atoms with Crippen LogP contribution in [0.2, 0.25) is 0 Å². The number of benzene rings is 1. The van der Waals surface area contributed by atoms with Gasteiger partial charge in [0.2, 0.25) is 0 Å². The van der Waals surface area contributed by atoms with Gasteiger partial charge < -0.3 is 20.6 Å². The number of halogens is 3. The van der Waals surface area contributed by atoms with Gasteiger partial charge in [0, 0.05) is 36.0 Å². The van der Waals surface area contributed by atoms with Crippen molar-refractivity contribution in [3.05, 3.63) is 54.4 Å². The van der Waals surface area contributed by atoms with E-state index in [0.717, 1.165) is 16.8 Å². The van der Waals surface area contributed by atoms with Gasteiger partial charge in [-0.2, -0.15) is 13.2 Å². The Morgan fingerprint density at radius 2 is 2.13 bits per heavy atom. The highest BCUT2D eigenvalue weighted by molar-refractivity contribution is 5.90. The van der Waals surface area contributed by atoms with Crippen LogP contribution in [0.5, 0.6) is 0 Å². The Hall–Kier alpha value is -3.60. The first-order chi connectivity index (χ1) is 14.9. The van der Waals surface area contributed by atoms with E-state index in [2.05, 4.69) is 15.5 Å². The van der Waals surface area contributed by atoms with Crippen molar-refractivity contribution in [2.24, 2.45) is 5.16 Å². The lowest BCUT2D eigenvalue weighted by Gasteiger charge is -2.10. The van der Waals surface area contributed by atoms with Gasteiger partial charge in [-0.15, -0.1) is 0 Å². The lowest BCUT2D eigenvalue weighted by atomic mass is 10.1. The number of fused-ring (bicyclic) bond motifs is 1. The lowest BCUT2D eigenvalue weighted by molar-refractivity contribution is -0.122. The normalized spacial score (nSPS) is 11.7. The molecule has 0 aliphatic carbocycles. The molecular formula is C20H20F3N5O3. The minimum atomic E-state index is -4.48. The van der Waals surface area contributed by atoms with Gasteiger partial charge in [-0.3, -0.25) is 4.40 Å². The van der Waals surface area contributed by atoms with Gasteiger partial charge in [0.1, 0.15) is 18.8 Å². The lowest BCUT2D eigenvalue weighted by Crippen LogP contribution is -2.36. The zero-order chi connectivity index (χ0) is 22.3. The van der Waals surface area contributed by atoms with Crippen LogP contribution in [0.4, 0.5) is 23.7 Å². The molecule has 3 N–H and O–H groups in total. The van der Waals surface area contributed by atoms with Gasteiger partial charge >= 0.3 is 12.2 Å². The van der Waals surface area contributed by atoms with Crippen LogP contribution >= 0.6 is 0 Å². The zero-order valence-electron chi connectivity index (χ0n) is 16.3. The number of carbonyl (C=O) groups excluding carboxylic acids is 1. The van der Waals surface area contributed by atoms with E-state index in [4.69, 9.17) is 9.94 Å². The summed E-state index contributed by atoms with van der Waals surface area (Å²) in [4.78, 5) is 21.1. The average Bonchev–Trinajstić information content (AvgIpc) is 3.15. The fourth-order valence-corrected chi connectivity index (χ4v) is 2.68. The smallest absolute Gasteiger partial charge is 0.396 e. The Kier molecular flexibility index (Phi) is 7.08. The van der Waals surface area contributed by atoms with E-state index in [1.165, 1.54) is 6.21 Å². The molecule has 3 aromatic rings. The van der Waals surface area contributed by atoms with E-state index in [9.17, 15) is 18.0 Å². The molecular weight excluding hydrogens is 415 g/mol. The van der Waals surface area contributed by atoms with Crippen molar-refractivity contribution in [2.75, 3.05) is 25.1 Å². The maximum absolute atomic E-state index is 12.2. The van der Waals surface area contributed by atoms with Crippen LogP contribution in [0.3, 0.4) is 0 Å². The highest BCUT2D eigenvalue weighted by Crippen LogP contribution is 2.24. The molecule has 2 heterocycles. The molecule has 0 spiro atoms. The van der Waals surface area contributed by atoms with E-state index >= 15 is 0 Å². The predicted octanol–water partition coefficient (Wildman–Crippen LogP) is 3.42. The number of urea groups is 1. The summed E-state index contributed by atoms with van der Waals surface area (Å²) in [5.74, 6) is 0. The summed E-state index contributed by atoms with van der Waals surface area (Å²) in [7, 11) is 0. The number of aliphatic hydroxyl groups excluding tert-OH is 1. The van der Waals surface area contributed by atoms with E-state index in [0.29, 0.717) is 24.4 Å². The third-order valence-corrected chi connectivity index (χ3v) is 4.07. The Morgan fingerprint density at radius 1 is 1.29 bits per heavy atom. The Morgan fingerprint density at radius 3 is 2.90 bits per heavy atom. The number of hydrogen-bond donors (Lipinski definition) is 3. The van der Waals surface area contributed by atoms with Crippen LogP contribution in [0.15, 0.2) is 53.9 Å². The van der Waals surface area contributed by atoms with Gasteiger partial charge in [0.05, 0.1) is 18.1 Å². The third kappa shape index (κ3) is 6.44. The number of oxime groups is 1. The molecule has 164 valence electrons. The summed E-state index contributed by atoms with van der Waals surface area (Å²) in [6.07, 6.45) is 0.998. The molecule has 0 saturated heterocycles. The summed E-state index contributed by atoms with van der Waals surface area (Å²) >= 11 is 0. The molecule has 0 atom stereocenters. The standard InChI is InChI=1S/C20H20F3N5O3/c21-20(22,23)13-25-19(30)27-16-4-1-3-15(10-16)17-12-24-18-9-14(5-6-28(17)18)11-26-31-8-2-7-29/h1,3-6,9-12,29H,2,7-8,13H2,(H2,25,27,30)/b26-11+. The summed E-state index contributed by atoms with van der Waals surface area (Å²) in [5.41, 5.74) is 3.21. The number of aliphatic hydroxyl groups is 1. The van der Waals surface area contributed by atoms with E-state index < -0.39 is 18.8 Å². The van der Waals surface area contributed by atoms with Crippen molar-refractivity contribution in [3.8, 4) is 11.3 Å². The first kappa shape index (κ1) is 22.1. The molecule has 0 fully saturated rings. The summed E-state index contributed by atoms with van der Waals surface area (Å²) in [6, 6.07) is 9.36. The number of anilines is 1. The van der Waals surface area contributed by atoms with E-state index in [-0.39, 0.29) is 6.61 Å². The van der Waals surface area contributed by atoms with Gasteiger partial charge in [0.15, 0.2) is 0 Å². The number of rotatable bonds is 8. The first-order valence-electron chi connectivity index (χ1n) is 9.31. The number of pyridine rings is 1. The van der Waals surface area contributed by atoms with Crippen molar-refractivity contribution in [3.63, 3.8) is 0 Å². The molecule has 2 aromatic heterocycles.